The van der Waals surface area contributed by atoms with Gasteiger partial charge in [0.1, 0.15) is 6.61 Å². The minimum Gasteiger partial charge on any atom is -0.457 e. The zero-order valence-electron chi connectivity index (χ0n) is 13.1. The lowest BCUT2D eigenvalue weighted by molar-refractivity contribution is 0.0535. The Morgan fingerprint density at radius 2 is 1.79 bits per heavy atom. The van der Waals surface area contributed by atoms with Gasteiger partial charge in [-0.05, 0) is 30.0 Å². The van der Waals surface area contributed by atoms with Crippen LogP contribution in [0.2, 0.25) is 0 Å². The Labute approximate surface area is 138 Å². The van der Waals surface area contributed by atoms with E-state index in [1.54, 1.807) is 0 Å². The van der Waals surface area contributed by atoms with Gasteiger partial charge < -0.3 is 14.2 Å². The molecule has 4 nitrogen and oxygen atoms in total. The van der Waals surface area contributed by atoms with Crippen molar-refractivity contribution in [3.63, 3.8) is 0 Å². The molecule has 0 spiro atoms. The smallest absolute Gasteiger partial charge is 0.338 e. The fourth-order valence-corrected chi connectivity index (χ4v) is 3.48. The molecule has 2 aliphatic heterocycles. The summed E-state index contributed by atoms with van der Waals surface area (Å²) < 4.78 is 16.6. The number of aryl methyl sites for hydroxylation is 1. The number of carbonyl (C=O) groups excluding carboxylic acids is 1. The quantitative estimate of drug-likeness (QED) is 0.630. The van der Waals surface area contributed by atoms with E-state index in [2.05, 4.69) is 31.2 Å². The van der Waals surface area contributed by atoms with E-state index in [4.69, 9.17) is 14.2 Å². The molecule has 0 aromatic heterocycles. The molecule has 5 rings (SSSR count). The average molecular weight is 318 g/mol. The first kappa shape index (κ1) is 13.4. The van der Waals surface area contributed by atoms with Gasteiger partial charge in [0.2, 0.25) is 6.79 Å². The summed E-state index contributed by atoms with van der Waals surface area (Å²) in [6.45, 7) is 2.56. The van der Waals surface area contributed by atoms with Gasteiger partial charge in [0, 0.05) is 16.5 Å². The van der Waals surface area contributed by atoms with E-state index < -0.39 is 0 Å². The van der Waals surface area contributed by atoms with Gasteiger partial charge in [0.15, 0.2) is 11.5 Å². The molecule has 0 bridgehead atoms. The van der Waals surface area contributed by atoms with Crippen molar-refractivity contribution in [1.82, 2.24) is 0 Å². The SMILES string of the molecule is Cc1ccc(-c2c3c(cc4ccc5c(c24)OCO5)C(=O)OC3)cc1. The molecule has 0 radical (unpaired) electrons. The predicted octanol–water partition coefficient (Wildman–Crippen LogP) is 4.21. The summed E-state index contributed by atoms with van der Waals surface area (Å²) in [6.07, 6.45) is 0. The second kappa shape index (κ2) is 4.74. The Hall–Kier alpha value is -3.01. The van der Waals surface area contributed by atoms with Gasteiger partial charge in [-0.3, -0.25) is 0 Å². The van der Waals surface area contributed by atoms with Crippen LogP contribution in [-0.4, -0.2) is 12.8 Å². The molecule has 3 aromatic carbocycles. The van der Waals surface area contributed by atoms with Gasteiger partial charge in [-0.2, -0.15) is 0 Å². The molecule has 0 amide bonds. The number of esters is 1. The van der Waals surface area contributed by atoms with Gasteiger partial charge in [0.05, 0.1) is 5.56 Å². The lowest BCUT2D eigenvalue weighted by atomic mass is 9.90. The van der Waals surface area contributed by atoms with E-state index in [0.717, 1.165) is 39.0 Å². The van der Waals surface area contributed by atoms with Crippen LogP contribution < -0.4 is 9.47 Å². The molecule has 0 unspecified atom stereocenters. The summed E-state index contributed by atoms with van der Waals surface area (Å²) in [5.41, 5.74) is 4.78. The van der Waals surface area contributed by atoms with Gasteiger partial charge in [-0.15, -0.1) is 0 Å². The molecule has 0 fully saturated rings. The molecule has 0 saturated heterocycles. The van der Waals surface area contributed by atoms with Crippen LogP contribution >= 0.6 is 0 Å². The number of ether oxygens (including phenoxy) is 3. The molecule has 118 valence electrons. The Kier molecular flexibility index (Phi) is 2.65. The number of hydrogen-bond acceptors (Lipinski definition) is 4. The zero-order valence-corrected chi connectivity index (χ0v) is 13.1. The van der Waals surface area contributed by atoms with Crippen molar-refractivity contribution in [2.45, 2.75) is 13.5 Å². The van der Waals surface area contributed by atoms with Crippen LogP contribution in [0.4, 0.5) is 0 Å². The standard InChI is InChI=1S/C20H14O4/c1-11-2-4-12(5-3-11)17-15-9-22-20(21)14(15)8-13-6-7-16-19(18(13)17)24-10-23-16/h2-8H,9-10H2,1H3. The van der Waals surface area contributed by atoms with E-state index in [-0.39, 0.29) is 19.4 Å². The topological polar surface area (TPSA) is 44.8 Å². The highest BCUT2D eigenvalue weighted by Crippen LogP contribution is 2.47. The van der Waals surface area contributed by atoms with Crippen molar-refractivity contribution in [2.75, 3.05) is 6.79 Å². The maximum atomic E-state index is 12.1. The van der Waals surface area contributed by atoms with Gasteiger partial charge >= 0.3 is 5.97 Å². The number of hydrogen-bond donors (Lipinski definition) is 0. The van der Waals surface area contributed by atoms with Gasteiger partial charge in [-0.1, -0.05) is 35.9 Å². The third-order valence-electron chi connectivity index (χ3n) is 4.66. The van der Waals surface area contributed by atoms with Crippen LogP contribution in [-0.2, 0) is 11.3 Å². The molecule has 3 aromatic rings. The third kappa shape index (κ3) is 1.77. The molecular weight excluding hydrogens is 304 g/mol. The average Bonchev–Trinajstić information content (AvgIpc) is 3.21. The van der Waals surface area contributed by atoms with Crippen LogP contribution in [0.25, 0.3) is 21.9 Å². The Balaban J connectivity index is 1.93. The summed E-state index contributed by atoms with van der Waals surface area (Å²) in [4.78, 5) is 12.1. The third-order valence-corrected chi connectivity index (χ3v) is 4.66. The van der Waals surface area contributed by atoms with Crippen molar-refractivity contribution >= 4 is 16.7 Å². The summed E-state index contributed by atoms with van der Waals surface area (Å²) in [5, 5.41) is 1.93. The number of carbonyl (C=O) groups is 1. The Morgan fingerprint density at radius 3 is 2.62 bits per heavy atom. The highest BCUT2D eigenvalue weighted by Gasteiger charge is 2.29. The highest BCUT2D eigenvalue weighted by molar-refractivity contribution is 6.10. The van der Waals surface area contributed by atoms with Crippen molar-refractivity contribution in [3.8, 4) is 22.6 Å². The molecule has 2 aliphatic rings. The van der Waals surface area contributed by atoms with E-state index in [0.29, 0.717) is 5.56 Å². The number of fused-ring (bicyclic) bond motifs is 4. The molecule has 0 N–H and O–H groups in total. The second-order valence-electron chi connectivity index (χ2n) is 6.12. The van der Waals surface area contributed by atoms with Crippen molar-refractivity contribution in [1.29, 1.82) is 0 Å². The van der Waals surface area contributed by atoms with Crippen molar-refractivity contribution < 1.29 is 19.0 Å². The molecule has 0 saturated carbocycles. The molecule has 0 atom stereocenters. The van der Waals surface area contributed by atoms with E-state index in [9.17, 15) is 4.79 Å². The van der Waals surface area contributed by atoms with Crippen LogP contribution in [0, 0.1) is 6.92 Å². The lowest BCUT2D eigenvalue weighted by Crippen LogP contribution is -1.97. The van der Waals surface area contributed by atoms with Gasteiger partial charge in [0.25, 0.3) is 0 Å². The van der Waals surface area contributed by atoms with Crippen molar-refractivity contribution in [3.05, 3.63) is 59.2 Å². The normalized spacial score (nSPS) is 14.8. The minimum atomic E-state index is -0.266. The van der Waals surface area contributed by atoms with E-state index >= 15 is 0 Å². The second-order valence-corrected chi connectivity index (χ2v) is 6.12. The van der Waals surface area contributed by atoms with Gasteiger partial charge in [-0.25, -0.2) is 4.79 Å². The Morgan fingerprint density at radius 1 is 0.958 bits per heavy atom. The van der Waals surface area contributed by atoms with Crippen LogP contribution in [0.5, 0.6) is 11.5 Å². The maximum Gasteiger partial charge on any atom is 0.338 e. The number of benzene rings is 3. The summed E-state index contributed by atoms with van der Waals surface area (Å²) in [6, 6.07) is 14.0. The fraction of sp³-hybridized carbons (Fsp3) is 0.150. The monoisotopic (exact) mass is 318 g/mol. The summed E-state index contributed by atoms with van der Waals surface area (Å²) >= 11 is 0. The molecule has 24 heavy (non-hydrogen) atoms. The molecular formula is C20H14O4. The minimum absolute atomic E-state index is 0.217. The maximum absolute atomic E-state index is 12.1. The van der Waals surface area contributed by atoms with E-state index in [1.807, 2.05) is 18.2 Å². The molecule has 0 aliphatic carbocycles. The largest absolute Gasteiger partial charge is 0.457 e. The lowest BCUT2D eigenvalue weighted by Gasteiger charge is -2.13. The first-order chi connectivity index (χ1) is 11.7. The molecule has 4 heteroatoms. The first-order valence-corrected chi connectivity index (χ1v) is 7.85. The van der Waals surface area contributed by atoms with Crippen LogP contribution in [0.15, 0.2) is 42.5 Å². The van der Waals surface area contributed by atoms with Crippen molar-refractivity contribution in [2.24, 2.45) is 0 Å². The highest BCUT2D eigenvalue weighted by atomic mass is 16.7. The first-order valence-electron chi connectivity index (χ1n) is 7.85. The molecule has 2 heterocycles. The Bertz CT molecular complexity index is 1000. The summed E-state index contributed by atoms with van der Waals surface area (Å²) in [5.74, 6) is 1.21. The summed E-state index contributed by atoms with van der Waals surface area (Å²) in [7, 11) is 0. The fourth-order valence-electron chi connectivity index (χ4n) is 3.48. The number of rotatable bonds is 1. The van der Waals surface area contributed by atoms with E-state index in [1.165, 1.54) is 5.56 Å². The number of cyclic esters (lactones) is 1. The van der Waals surface area contributed by atoms with Crippen LogP contribution in [0.1, 0.15) is 21.5 Å². The van der Waals surface area contributed by atoms with Crippen LogP contribution in [0.3, 0.4) is 0 Å². The zero-order chi connectivity index (χ0) is 16.3. The predicted molar refractivity (Wildman–Crippen MR) is 89.4 cm³/mol.